The van der Waals surface area contributed by atoms with E-state index in [1.165, 1.54) is 12.3 Å². The monoisotopic (exact) mass is 287 g/mol. The first-order valence-corrected chi connectivity index (χ1v) is 6.95. The van der Waals surface area contributed by atoms with Crippen LogP contribution in [0.1, 0.15) is 16.1 Å². The lowest BCUT2D eigenvalue weighted by molar-refractivity contribution is 0.0620. The third-order valence-corrected chi connectivity index (χ3v) is 3.65. The molecule has 2 aromatic rings. The van der Waals surface area contributed by atoms with Crippen LogP contribution in [0.4, 0.5) is 0 Å². The van der Waals surface area contributed by atoms with Gasteiger partial charge in [0.2, 0.25) is 5.56 Å². The van der Waals surface area contributed by atoms with Crippen molar-refractivity contribution >= 4 is 5.91 Å². The van der Waals surface area contributed by atoms with Crippen LogP contribution in [0, 0.1) is 0 Å². The predicted octanol–water partition coefficient (Wildman–Crippen LogP) is 0.926. The van der Waals surface area contributed by atoms with Crippen LogP contribution >= 0.6 is 0 Å². The summed E-state index contributed by atoms with van der Waals surface area (Å²) in [4.78, 5) is 29.9. The number of aromatic amines is 1. The third kappa shape index (κ3) is 3.22. The number of carbonyl (C=O) groups is 1. The van der Waals surface area contributed by atoms with E-state index in [0.29, 0.717) is 18.7 Å². The van der Waals surface area contributed by atoms with Gasteiger partial charge in [-0.3, -0.25) is 14.5 Å². The van der Waals surface area contributed by atoms with E-state index in [-0.39, 0.29) is 11.5 Å². The van der Waals surface area contributed by atoms with E-state index in [1.807, 2.05) is 17.0 Å². The van der Waals surface area contributed by atoms with Gasteiger partial charge in [0.05, 0.1) is 18.4 Å². The zero-order chi connectivity index (χ0) is 14.7. The molecule has 1 N–H and O–H groups in total. The first-order chi connectivity index (χ1) is 10.2. The minimum absolute atomic E-state index is 0.0381. The molecule has 1 fully saturated rings. The van der Waals surface area contributed by atoms with Gasteiger partial charge in [-0.1, -0.05) is 0 Å². The molecular weight excluding hydrogens is 270 g/mol. The Morgan fingerprint density at radius 3 is 2.62 bits per heavy atom. The highest BCUT2D eigenvalue weighted by molar-refractivity contribution is 5.93. The van der Waals surface area contributed by atoms with Crippen LogP contribution < -0.4 is 5.56 Å². The number of carbonyl (C=O) groups excluding carboxylic acids is 1. The molecule has 6 heteroatoms. The molecule has 0 bridgehead atoms. The summed E-state index contributed by atoms with van der Waals surface area (Å²) in [7, 11) is 0. The van der Waals surface area contributed by atoms with Crippen LogP contribution in [0.5, 0.6) is 0 Å². The Morgan fingerprint density at radius 1 is 1.19 bits per heavy atom. The summed E-state index contributed by atoms with van der Waals surface area (Å²) >= 11 is 0. The number of nitrogens with zero attached hydrogens (tertiary/aromatic N) is 2. The topological polar surface area (TPSA) is 69.6 Å². The van der Waals surface area contributed by atoms with E-state index in [2.05, 4.69) is 9.88 Å². The van der Waals surface area contributed by atoms with Crippen molar-refractivity contribution in [2.75, 3.05) is 26.2 Å². The Bertz CT molecular complexity index is 635. The first kappa shape index (κ1) is 13.6. The summed E-state index contributed by atoms with van der Waals surface area (Å²) in [5, 5.41) is 0. The molecule has 2 aromatic heterocycles. The Balaban J connectivity index is 1.56. The number of piperazine rings is 1. The van der Waals surface area contributed by atoms with Gasteiger partial charge in [0.25, 0.3) is 5.91 Å². The zero-order valence-corrected chi connectivity index (χ0v) is 11.6. The molecule has 3 rings (SSSR count). The molecule has 1 saturated heterocycles. The highest BCUT2D eigenvalue weighted by Crippen LogP contribution is 2.11. The number of nitrogens with one attached hydrogen (secondary N) is 1. The van der Waals surface area contributed by atoms with E-state index in [9.17, 15) is 9.59 Å². The summed E-state index contributed by atoms with van der Waals surface area (Å²) in [5.41, 5.74) is 0.323. The minimum Gasteiger partial charge on any atom is -0.468 e. The first-order valence-electron chi connectivity index (χ1n) is 6.95. The molecular formula is C15H17N3O3. The highest BCUT2D eigenvalue weighted by atomic mass is 16.3. The average Bonchev–Trinajstić information content (AvgIpc) is 3.01. The van der Waals surface area contributed by atoms with Crippen molar-refractivity contribution in [1.29, 1.82) is 0 Å². The smallest absolute Gasteiger partial charge is 0.255 e. The Labute approximate surface area is 122 Å². The summed E-state index contributed by atoms with van der Waals surface area (Å²) in [6.07, 6.45) is 3.14. The molecule has 0 spiro atoms. The lowest BCUT2D eigenvalue weighted by atomic mass is 10.2. The molecule has 110 valence electrons. The number of hydrogen-bond acceptors (Lipinski definition) is 4. The average molecular weight is 287 g/mol. The van der Waals surface area contributed by atoms with E-state index >= 15 is 0 Å². The van der Waals surface area contributed by atoms with Gasteiger partial charge in [-0.2, -0.15) is 0 Å². The van der Waals surface area contributed by atoms with Crippen LogP contribution in [-0.4, -0.2) is 46.9 Å². The molecule has 0 aromatic carbocycles. The van der Waals surface area contributed by atoms with Crippen molar-refractivity contribution in [3.63, 3.8) is 0 Å². The highest BCUT2D eigenvalue weighted by Gasteiger charge is 2.22. The zero-order valence-electron chi connectivity index (χ0n) is 11.6. The van der Waals surface area contributed by atoms with Crippen LogP contribution in [-0.2, 0) is 6.54 Å². The van der Waals surface area contributed by atoms with Crippen LogP contribution in [0.3, 0.4) is 0 Å². The van der Waals surface area contributed by atoms with E-state index in [4.69, 9.17) is 4.42 Å². The fourth-order valence-electron chi connectivity index (χ4n) is 2.46. The number of pyridine rings is 1. The molecule has 3 heterocycles. The molecule has 0 atom stereocenters. The van der Waals surface area contributed by atoms with Gasteiger partial charge in [0.1, 0.15) is 5.76 Å². The molecule has 21 heavy (non-hydrogen) atoms. The van der Waals surface area contributed by atoms with Gasteiger partial charge < -0.3 is 14.3 Å². The van der Waals surface area contributed by atoms with E-state index in [0.717, 1.165) is 25.4 Å². The largest absolute Gasteiger partial charge is 0.468 e. The normalized spacial score (nSPS) is 16.1. The summed E-state index contributed by atoms with van der Waals surface area (Å²) in [5.74, 6) is 0.902. The number of furan rings is 1. The molecule has 1 aliphatic rings. The van der Waals surface area contributed by atoms with Crippen LogP contribution in [0.2, 0.25) is 0 Å². The van der Waals surface area contributed by atoms with Crippen molar-refractivity contribution in [3.05, 3.63) is 58.4 Å². The quantitative estimate of drug-likeness (QED) is 0.911. The predicted molar refractivity (Wildman–Crippen MR) is 77.0 cm³/mol. The summed E-state index contributed by atoms with van der Waals surface area (Å²) < 4.78 is 5.34. The third-order valence-electron chi connectivity index (χ3n) is 3.65. The molecule has 1 amide bonds. The van der Waals surface area contributed by atoms with Gasteiger partial charge in [-0.25, -0.2) is 0 Å². The van der Waals surface area contributed by atoms with Gasteiger partial charge in [-0.05, 0) is 18.2 Å². The second-order valence-corrected chi connectivity index (χ2v) is 5.09. The van der Waals surface area contributed by atoms with Crippen molar-refractivity contribution in [3.8, 4) is 0 Å². The lowest BCUT2D eigenvalue weighted by Gasteiger charge is -2.34. The Morgan fingerprint density at radius 2 is 2.00 bits per heavy atom. The molecule has 0 aliphatic carbocycles. The molecule has 0 saturated carbocycles. The minimum atomic E-state index is -0.199. The van der Waals surface area contributed by atoms with Gasteiger partial charge in [0, 0.05) is 38.4 Å². The van der Waals surface area contributed by atoms with Crippen LogP contribution in [0.25, 0.3) is 0 Å². The lowest BCUT2D eigenvalue weighted by Crippen LogP contribution is -2.48. The van der Waals surface area contributed by atoms with Gasteiger partial charge in [0.15, 0.2) is 0 Å². The van der Waals surface area contributed by atoms with Crippen molar-refractivity contribution in [2.24, 2.45) is 0 Å². The fraction of sp³-hybridized carbons (Fsp3) is 0.333. The second-order valence-electron chi connectivity index (χ2n) is 5.09. The molecule has 6 nitrogen and oxygen atoms in total. The number of amides is 1. The maximum Gasteiger partial charge on any atom is 0.255 e. The number of H-pyrrole nitrogens is 1. The molecule has 0 radical (unpaired) electrons. The van der Waals surface area contributed by atoms with Crippen molar-refractivity contribution in [1.82, 2.24) is 14.8 Å². The van der Waals surface area contributed by atoms with Gasteiger partial charge in [-0.15, -0.1) is 0 Å². The van der Waals surface area contributed by atoms with E-state index < -0.39 is 0 Å². The molecule has 1 aliphatic heterocycles. The Kier molecular flexibility index (Phi) is 3.87. The summed E-state index contributed by atoms with van der Waals surface area (Å²) in [6, 6.07) is 6.78. The standard InChI is InChI=1S/C15H17N3O3/c19-14-4-3-12(10-16-14)15(20)18-7-5-17(6-8-18)11-13-2-1-9-21-13/h1-4,9-10H,5-8,11H2,(H,16,19). The number of hydrogen-bond donors (Lipinski definition) is 1. The van der Waals surface area contributed by atoms with Crippen LogP contribution in [0.15, 0.2) is 45.9 Å². The maximum atomic E-state index is 12.3. The van der Waals surface area contributed by atoms with Gasteiger partial charge >= 0.3 is 0 Å². The fourth-order valence-corrected chi connectivity index (χ4v) is 2.46. The van der Waals surface area contributed by atoms with Crippen molar-refractivity contribution < 1.29 is 9.21 Å². The Hall–Kier alpha value is -2.34. The molecule has 0 unspecified atom stereocenters. The maximum absolute atomic E-state index is 12.3. The number of aromatic nitrogens is 1. The number of rotatable bonds is 3. The second kappa shape index (κ2) is 5.97. The van der Waals surface area contributed by atoms with E-state index in [1.54, 1.807) is 12.3 Å². The SMILES string of the molecule is O=C(c1ccc(=O)[nH]c1)N1CCN(Cc2ccco2)CC1. The summed E-state index contributed by atoms with van der Waals surface area (Å²) in [6.45, 7) is 3.76. The van der Waals surface area contributed by atoms with Crippen molar-refractivity contribution in [2.45, 2.75) is 6.54 Å².